The van der Waals surface area contributed by atoms with Crippen LogP contribution in [0.25, 0.3) is 0 Å². The van der Waals surface area contributed by atoms with E-state index in [1.54, 1.807) is 13.0 Å². The molecule has 0 fully saturated rings. The summed E-state index contributed by atoms with van der Waals surface area (Å²) in [6.45, 7) is 12.6. The Bertz CT molecular complexity index is 780. The van der Waals surface area contributed by atoms with Gasteiger partial charge in [0, 0.05) is 32.1 Å². The highest BCUT2D eigenvalue weighted by atomic mass is 16.7. The molecule has 2 N–H and O–H groups in total. The highest BCUT2D eigenvalue weighted by Crippen LogP contribution is 2.26. The number of rotatable bonds is 15. The van der Waals surface area contributed by atoms with Crippen molar-refractivity contribution < 1.29 is 33.6 Å². The zero-order valence-electron chi connectivity index (χ0n) is 21.2. The van der Waals surface area contributed by atoms with Crippen LogP contribution in [-0.2, 0) is 14.3 Å². The van der Waals surface area contributed by atoms with Gasteiger partial charge >= 0.3 is 12.1 Å². The number of aliphatic hydroxyl groups excluding tert-OH is 1. The molecule has 0 spiro atoms. The molecule has 0 aliphatic carbocycles. The van der Waals surface area contributed by atoms with Crippen LogP contribution in [0.4, 0.5) is 4.79 Å². The van der Waals surface area contributed by atoms with Gasteiger partial charge in [-0.1, -0.05) is 32.1 Å². The molecular formula is C25H40N2O7. The summed E-state index contributed by atoms with van der Waals surface area (Å²) in [5, 5.41) is 12.2. The zero-order valence-corrected chi connectivity index (χ0v) is 21.2. The van der Waals surface area contributed by atoms with Crippen molar-refractivity contribution in [3.63, 3.8) is 0 Å². The highest BCUT2D eigenvalue weighted by Gasteiger charge is 2.21. The van der Waals surface area contributed by atoms with Gasteiger partial charge in [0.2, 0.25) is 6.29 Å². The van der Waals surface area contributed by atoms with Crippen molar-refractivity contribution in [1.29, 1.82) is 0 Å². The molecular weight excluding hydrogens is 440 g/mol. The number of carbonyl (C=O) groups excluding carboxylic acids is 2. The molecule has 34 heavy (non-hydrogen) atoms. The van der Waals surface area contributed by atoms with Gasteiger partial charge in [-0.05, 0) is 45.2 Å². The Morgan fingerprint density at radius 2 is 1.71 bits per heavy atom. The van der Waals surface area contributed by atoms with Gasteiger partial charge < -0.3 is 29.0 Å². The van der Waals surface area contributed by atoms with Crippen molar-refractivity contribution >= 4 is 12.1 Å². The lowest BCUT2D eigenvalue weighted by molar-refractivity contribution is -0.161. The van der Waals surface area contributed by atoms with E-state index in [9.17, 15) is 14.7 Å². The van der Waals surface area contributed by atoms with Crippen molar-refractivity contribution in [2.24, 2.45) is 5.92 Å². The lowest BCUT2D eigenvalue weighted by atomic mass is 10.1. The highest BCUT2D eigenvalue weighted by molar-refractivity contribution is 5.89. The molecule has 2 unspecified atom stereocenters. The lowest BCUT2D eigenvalue weighted by Crippen LogP contribution is -2.36. The quantitative estimate of drug-likeness (QED) is 0.169. The van der Waals surface area contributed by atoms with E-state index in [0.29, 0.717) is 49.8 Å². The maximum Gasteiger partial charge on any atom is 0.412 e. The third-order valence-electron chi connectivity index (χ3n) is 4.54. The molecule has 1 aromatic carbocycles. The van der Waals surface area contributed by atoms with Gasteiger partial charge in [0.1, 0.15) is 6.23 Å². The van der Waals surface area contributed by atoms with Gasteiger partial charge in [-0.2, -0.15) is 0 Å². The van der Waals surface area contributed by atoms with Crippen molar-refractivity contribution in [2.75, 3.05) is 32.8 Å². The minimum atomic E-state index is -1.06. The number of allylic oxidation sites excluding steroid dienone is 1. The molecule has 0 bridgehead atoms. The van der Waals surface area contributed by atoms with Crippen molar-refractivity contribution in [3.8, 4) is 11.5 Å². The van der Waals surface area contributed by atoms with Gasteiger partial charge in [-0.25, -0.2) is 9.59 Å². The molecule has 0 aromatic heterocycles. The third kappa shape index (κ3) is 11.4. The molecule has 9 heteroatoms. The molecule has 0 saturated carbocycles. The Hall–Kier alpha value is -2.78. The van der Waals surface area contributed by atoms with E-state index >= 15 is 0 Å². The monoisotopic (exact) mass is 480 g/mol. The van der Waals surface area contributed by atoms with E-state index in [2.05, 4.69) is 5.32 Å². The molecule has 9 nitrogen and oxygen atoms in total. The summed E-state index contributed by atoms with van der Waals surface area (Å²) in [6, 6.07) is 7.44. The van der Waals surface area contributed by atoms with E-state index in [1.807, 2.05) is 52.0 Å². The third-order valence-corrected chi connectivity index (χ3v) is 4.54. The Morgan fingerprint density at radius 1 is 1.06 bits per heavy atom. The maximum absolute atomic E-state index is 12.5. The lowest BCUT2D eigenvalue weighted by Gasteiger charge is -2.23. The Balaban J connectivity index is 2.53. The van der Waals surface area contributed by atoms with Crippen LogP contribution in [0.15, 0.2) is 35.9 Å². The SMILES string of the molecule is CCOc1ccccc1OCCCN(CC)C(=O)OC(C)OC(=O)/C(=C\C(C)C)CNC(C)O. The fourth-order valence-electron chi connectivity index (χ4n) is 2.99. The number of benzene rings is 1. The second-order valence-electron chi connectivity index (χ2n) is 8.01. The first-order valence-electron chi connectivity index (χ1n) is 11.8. The average molecular weight is 481 g/mol. The van der Waals surface area contributed by atoms with Gasteiger partial charge in [0.05, 0.1) is 13.2 Å². The fraction of sp³-hybridized carbons (Fsp3) is 0.600. The second kappa shape index (κ2) is 16.0. The summed E-state index contributed by atoms with van der Waals surface area (Å²) in [5.41, 5.74) is 0.357. The molecule has 0 aliphatic rings. The first-order valence-corrected chi connectivity index (χ1v) is 11.8. The largest absolute Gasteiger partial charge is 0.490 e. The molecule has 0 aliphatic heterocycles. The van der Waals surface area contributed by atoms with Gasteiger partial charge in [-0.15, -0.1) is 0 Å². The van der Waals surface area contributed by atoms with Crippen LogP contribution in [0.1, 0.15) is 48.0 Å². The predicted octanol–water partition coefficient (Wildman–Crippen LogP) is 3.71. The van der Waals surface area contributed by atoms with Crippen molar-refractivity contribution in [1.82, 2.24) is 10.2 Å². The van der Waals surface area contributed by atoms with Crippen LogP contribution in [-0.4, -0.2) is 67.4 Å². The summed E-state index contributed by atoms with van der Waals surface area (Å²) in [7, 11) is 0. The molecule has 2 atom stereocenters. The van der Waals surface area contributed by atoms with Crippen LogP contribution in [0.5, 0.6) is 11.5 Å². The number of hydrogen-bond acceptors (Lipinski definition) is 8. The number of ether oxygens (including phenoxy) is 4. The van der Waals surface area contributed by atoms with Crippen LogP contribution in [0.2, 0.25) is 0 Å². The number of para-hydroxylation sites is 2. The predicted molar refractivity (Wildman–Crippen MR) is 130 cm³/mol. The summed E-state index contributed by atoms with van der Waals surface area (Å²) in [5.74, 6) is 0.842. The van der Waals surface area contributed by atoms with Crippen LogP contribution in [0.3, 0.4) is 0 Å². The number of hydrogen-bond donors (Lipinski definition) is 2. The van der Waals surface area contributed by atoms with Crippen LogP contribution < -0.4 is 14.8 Å². The van der Waals surface area contributed by atoms with Crippen LogP contribution in [0, 0.1) is 5.92 Å². The molecule has 0 heterocycles. The number of nitrogens with zero attached hydrogens (tertiary/aromatic N) is 1. The van der Waals surface area contributed by atoms with E-state index in [1.165, 1.54) is 11.8 Å². The number of nitrogens with one attached hydrogen (secondary N) is 1. The smallest absolute Gasteiger partial charge is 0.412 e. The Labute approximate surface area is 203 Å². The molecule has 0 radical (unpaired) electrons. The first kappa shape index (κ1) is 29.3. The molecule has 192 valence electrons. The summed E-state index contributed by atoms with van der Waals surface area (Å²) >= 11 is 0. The summed E-state index contributed by atoms with van der Waals surface area (Å²) in [4.78, 5) is 26.5. The minimum Gasteiger partial charge on any atom is -0.490 e. The number of carbonyl (C=O) groups is 2. The molecule has 1 aromatic rings. The van der Waals surface area contributed by atoms with Gasteiger partial charge in [0.15, 0.2) is 11.5 Å². The number of amides is 1. The standard InChI is InChI=1S/C25H40N2O7/c1-7-27(14-11-15-32-23-13-10-9-12-22(23)31-8-2)25(30)34-20(6)33-24(29)21(16-18(3)4)17-26-19(5)28/h9-10,12-13,16,18-20,26,28H,7-8,11,14-15,17H2,1-6H3/b21-16-. The molecule has 1 amide bonds. The first-order chi connectivity index (χ1) is 16.2. The van der Waals surface area contributed by atoms with E-state index in [-0.39, 0.29) is 12.5 Å². The zero-order chi connectivity index (χ0) is 25.5. The fourth-order valence-corrected chi connectivity index (χ4v) is 2.99. The van der Waals surface area contributed by atoms with Gasteiger partial charge in [0.25, 0.3) is 0 Å². The summed E-state index contributed by atoms with van der Waals surface area (Å²) in [6.07, 6.45) is -0.0779. The Morgan fingerprint density at radius 3 is 2.26 bits per heavy atom. The topological polar surface area (TPSA) is 107 Å². The van der Waals surface area contributed by atoms with E-state index < -0.39 is 24.6 Å². The van der Waals surface area contributed by atoms with E-state index in [4.69, 9.17) is 18.9 Å². The Kier molecular flexibility index (Phi) is 13.7. The molecule has 1 rings (SSSR count). The van der Waals surface area contributed by atoms with Crippen molar-refractivity contribution in [2.45, 2.75) is 60.5 Å². The summed E-state index contributed by atoms with van der Waals surface area (Å²) < 4.78 is 21.9. The number of esters is 1. The second-order valence-corrected chi connectivity index (χ2v) is 8.01. The van der Waals surface area contributed by atoms with Crippen molar-refractivity contribution in [3.05, 3.63) is 35.9 Å². The maximum atomic E-state index is 12.5. The molecule has 0 saturated heterocycles. The minimum absolute atomic E-state index is 0.106. The van der Waals surface area contributed by atoms with Gasteiger partial charge in [-0.3, -0.25) is 5.32 Å². The van der Waals surface area contributed by atoms with Crippen LogP contribution >= 0.6 is 0 Å². The van der Waals surface area contributed by atoms with E-state index in [0.717, 1.165) is 0 Å². The number of aliphatic hydroxyl groups is 1. The normalized spacial score (nSPS) is 13.2. The average Bonchev–Trinajstić information content (AvgIpc) is 2.77.